The molecule has 0 radical (unpaired) electrons. The molecule has 25 heavy (non-hydrogen) atoms. The van der Waals surface area contributed by atoms with E-state index in [0.29, 0.717) is 5.56 Å². The maximum Gasteiger partial charge on any atom is 0.350 e. The van der Waals surface area contributed by atoms with Crippen LogP contribution >= 0.6 is 0 Å². The predicted molar refractivity (Wildman–Crippen MR) is 82.3 cm³/mol. The molecule has 1 atom stereocenters. The van der Waals surface area contributed by atoms with Crippen molar-refractivity contribution in [3.05, 3.63) is 70.0 Å². The first-order chi connectivity index (χ1) is 11.8. The molecule has 0 saturated heterocycles. The summed E-state index contributed by atoms with van der Waals surface area (Å²) in [5, 5.41) is 6.49. The number of benzene rings is 1. The average molecular weight is 350 g/mol. The maximum atomic E-state index is 13.3. The Balaban J connectivity index is 1.75. The molecule has 1 aromatic carbocycles. The Hall–Kier alpha value is -3.10. The highest BCUT2D eigenvalue weighted by Gasteiger charge is 2.15. The van der Waals surface area contributed by atoms with E-state index in [1.165, 1.54) is 12.1 Å². The number of halogens is 3. The molecule has 3 rings (SSSR count). The fraction of sp³-hybridized carbons (Fsp3) is 0.188. The Morgan fingerprint density at radius 1 is 1.20 bits per heavy atom. The maximum absolute atomic E-state index is 13.3. The fourth-order valence-corrected chi connectivity index (χ4v) is 2.38. The Kier molecular flexibility index (Phi) is 4.30. The lowest BCUT2D eigenvalue weighted by Gasteiger charge is -2.14. The lowest BCUT2D eigenvalue weighted by atomic mass is 10.1. The van der Waals surface area contributed by atoms with E-state index >= 15 is 0 Å². The van der Waals surface area contributed by atoms with Crippen LogP contribution in [0.4, 0.5) is 13.2 Å². The van der Waals surface area contributed by atoms with Crippen molar-refractivity contribution >= 4 is 11.6 Å². The molecule has 0 bridgehead atoms. The first kappa shape index (κ1) is 16.7. The standard InChI is InChI=1S/C16H13F3N4O2/c1-9(10-2-4-12(18)13(19)6-10)20-15(24)8-23-16(25)22-7-11(17)3-5-14(22)21-23/h2-7,9H,8H2,1H3,(H,20,24)/t9-/m0/s1. The van der Waals surface area contributed by atoms with E-state index in [9.17, 15) is 22.8 Å². The molecule has 2 heterocycles. The van der Waals surface area contributed by atoms with E-state index in [0.717, 1.165) is 33.5 Å². The van der Waals surface area contributed by atoms with Crippen molar-refractivity contribution in [1.29, 1.82) is 0 Å². The van der Waals surface area contributed by atoms with Gasteiger partial charge in [0.25, 0.3) is 0 Å². The molecule has 1 N–H and O–H groups in total. The topological polar surface area (TPSA) is 68.4 Å². The molecule has 0 fully saturated rings. The Bertz CT molecular complexity index is 1010. The third-order valence-corrected chi connectivity index (χ3v) is 3.66. The molecule has 3 aromatic rings. The molecule has 1 amide bonds. The quantitative estimate of drug-likeness (QED) is 0.780. The largest absolute Gasteiger partial charge is 0.350 e. The van der Waals surface area contributed by atoms with E-state index in [1.54, 1.807) is 6.92 Å². The molecule has 0 aliphatic carbocycles. The van der Waals surface area contributed by atoms with Gasteiger partial charge >= 0.3 is 5.69 Å². The second-order valence-corrected chi connectivity index (χ2v) is 5.48. The van der Waals surface area contributed by atoms with Crippen molar-refractivity contribution < 1.29 is 18.0 Å². The number of carbonyl (C=O) groups is 1. The number of rotatable bonds is 4. The number of nitrogens with one attached hydrogen (secondary N) is 1. The Morgan fingerprint density at radius 3 is 2.68 bits per heavy atom. The number of fused-ring (bicyclic) bond motifs is 1. The minimum Gasteiger partial charge on any atom is -0.348 e. The van der Waals surface area contributed by atoms with Crippen LogP contribution in [0.2, 0.25) is 0 Å². The summed E-state index contributed by atoms with van der Waals surface area (Å²) < 4.78 is 41.3. The second-order valence-electron chi connectivity index (χ2n) is 5.48. The van der Waals surface area contributed by atoms with Gasteiger partial charge in [-0.05, 0) is 36.8 Å². The van der Waals surface area contributed by atoms with Crippen LogP contribution in [0.1, 0.15) is 18.5 Å². The molecular weight excluding hydrogens is 337 g/mol. The van der Waals surface area contributed by atoms with Crippen LogP contribution in [0.3, 0.4) is 0 Å². The van der Waals surface area contributed by atoms with Gasteiger partial charge in [-0.2, -0.15) is 0 Å². The van der Waals surface area contributed by atoms with Gasteiger partial charge in [0.2, 0.25) is 5.91 Å². The van der Waals surface area contributed by atoms with Gasteiger partial charge in [0.05, 0.1) is 12.2 Å². The summed E-state index contributed by atoms with van der Waals surface area (Å²) in [4.78, 5) is 24.2. The van der Waals surface area contributed by atoms with Crippen molar-refractivity contribution in [3.63, 3.8) is 0 Å². The fourth-order valence-electron chi connectivity index (χ4n) is 2.38. The smallest absolute Gasteiger partial charge is 0.348 e. The lowest BCUT2D eigenvalue weighted by Crippen LogP contribution is -2.34. The monoisotopic (exact) mass is 350 g/mol. The summed E-state index contributed by atoms with van der Waals surface area (Å²) in [6.07, 6.45) is 0.975. The van der Waals surface area contributed by atoms with E-state index in [4.69, 9.17) is 0 Å². The van der Waals surface area contributed by atoms with Crippen LogP contribution in [-0.2, 0) is 11.3 Å². The van der Waals surface area contributed by atoms with Gasteiger partial charge in [-0.15, -0.1) is 5.10 Å². The molecular formula is C16H13F3N4O2. The van der Waals surface area contributed by atoms with Crippen molar-refractivity contribution in [3.8, 4) is 0 Å². The molecule has 9 heteroatoms. The molecule has 2 aromatic heterocycles. The van der Waals surface area contributed by atoms with Crippen LogP contribution < -0.4 is 11.0 Å². The summed E-state index contributed by atoms with van der Waals surface area (Å²) in [7, 11) is 0. The first-order valence-electron chi connectivity index (χ1n) is 7.34. The van der Waals surface area contributed by atoms with Gasteiger partial charge in [-0.25, -0.2) is 27.0 Å². The highest BCUT2D eigenvalue weighted by atomic mass is 19.2. The number of nitrogens with zero attached hydrogens (tertiary/aromatic N) is 3. The van der Waals surface area contributed by atoms with Crippen molar-refractivity contribution in [2.75, 3.05) is 0 Å². The van der Waals surface area contributed by atoms with Gasteiger partial charge in [-0.3, -0.25) is 4.79 Å². The summed E-state index contributed by atoms with van der Waals surface area (Å²) in [6.45, 7) is 1.20. The highest BCUT2D eigenvalue weighted by molar-refractivity contribution is 5.76. The van der Waals surface area contributed by atoms with Crippen LogP contribution in [0.15, 0.2) is 41.3 Å². The molecule has 0 aliphatic rings. The van der Waals surface area contributed by atoms with Crippen LogP contribution in [-0.4, -0.2) is 20.1 Å². The van der Waals surface area contributed by atoms with Gasteiger partial charge in [-0.1, -0.05) is 6.07 Å². The van der Waals surface area contributed by atoms with E-state index in [1.807, 2.05) is 0 Å². The molecule has 130 valence electrons. The van der Waals surface area contributed by atoms with Crippen molar-refractivity contribution in [2.45, 2.75) is 19.5 Å². The minimum absolute atomic E-state index is 0.202. The van der Waals surface area contributed by atoms with E-state index in [2.05, 4.69) is 10.4 Å². The number of carbonyl (C=O) groups excluding carboxylic acids is 1. The summed E-state index contributed by atoms with van der Waals surface area (Å²) in [5.41, 5.74) is -0.0883. The minimum atomic E-state index is -1.02. The van der Waals surface area contributed by atoms with Gasteiger partial charge < -0.3 is 5.32 Å². The summed E-state index contributed by atoms with van der Waals surface area (Å²) in [5.74, 6) is -3.16. The highest BCUT2D eigenvalue weighted by Crippen LogP contribution is 2.15. The lowest BCUT2D eigenvalue weighted by molar-refractivity contribution is -0.122. The average Bonchev–Trinajstić information content (AvgIpc) is 2.86. The third kappa shape index (κ3) is 3.39. The second kappa shape index (κ2) is 6.42. The predicted octanol–water partition coefficient (Wildman–Crippen LogP) is 1.79. The number of pyridine rings is 1. The number of aromatic nitrogens is 3. The zero-order chi connectivity index (χ0) is 18.1. The van der Waals surface area contributed by atoms with Gasteiger partial charge in [0.1, 0.15) is 12.4 Å². The van der Waals surface area contributed by atoms with Crippen LogP contribution in [0, 0.1) is 17.5 Å². The summed E-state index contributed by atoms with van der Waals surface area (Å²) >= 11 is 0. The Labute approximate surface area is 139 Å². The van der Waals surface area contributed by atoms with Gasteiger partial charge in [0, 0.05) is 0 Å². The van der Waals surface area contributed by atoms with E-state index < -0.39 is 41.6 Å². The van der Waals surface area contributed by atoms with Crippen molar-refractivity contribution in [1.82, 2.24) is 19.5 Å². The van der Waals surface area contributed by atoms with Gasteiger partial charge in [0.15, 0.2) is 17.3 Å². The molecule has 0 unspecified atom stereocenters. The zero-order valence-corrected chi connectivity index (χ0v) is 13.0. The number of amides is 1. The molecule has 0 aliphatic heterocycles. The first-order valence-corrected chi connectivity index (χ1v) is 7.34. The SMILES string of the molecule is C[C@H](NC(=O)Cn1nc2ccc(F)cn2c1=O)c1ccc(F)c(F)c1. The van der Waals surface area contributed by atoms with E-state index in [-0.39, 0.29) is 5.65 Å². The molecule has 6 nitrogen and oxygen atoms in total. The molecule has 0 spiro atoms. The summed E-state index contributed by atoms with van der Waals surface area (Å²) in [6, 6.07) is 5.16. The van der Waals surface area contributed by atoms with Crippen LogP contribution in [0.5, 0.6) is 0 Å². The zero-order valence-electron chi connectivity index (χ0n) is 13.0. The normalized spacial score (nSPS) is 12.3. The molecule has 0 saturated carbocycles. The van der Waals surface area contributed by atoms with Crippen molar-refractivity contribution in [2.24, 2.45) is 0 Å². The third-order valence-electron chi connectivity index (χ3n) is 3.66. The van der Waals surface area contributed by atoms with Crippen LogP contribution in [0.25, 0.3) is 5.65 Å². The number of hydrogen-bond acceptors (Lipinski definition) is 3. The number of hydrogen-bond donors (Lipinski definition) is 1. The Morgan fingerprint density at radius 2 is 1.96 bits per heavy atom.